The zero-order chi connectivity index (χ0) is 16.4. The van der Waals surface area contributed by atoms with Crippen LogP contribution in [0.3, 0.4) is 0 Å². The van der Waals surface area contributed by atoms with E-state index in [-0.39, 0.29) is 22.8 Å². The molecular formula is C17H23FN2O3. The van der Waals surface area contributed by atoms with Crippen LogP contribution in [-0.2, 0) is 4.74 Å². The van der Waals surface area contributed by atoms with Crippen molar-refractivity contribution in [2.75, 3.05) is 46.9 Å². The number of hydrogen-bond donors (Lipinski definition) is 0. The first kappa shape index (κ1) is 16.2. The Bertz CT molecular complexity index is 585. The Morgan fingerprint density at radius 1 is 1.30 bits per heavy atom. The van der Waals surface area contributed by atoms with Gasteiger partial charge in [-0.2, -0.15) is 0 Å². The van der Waals surface area contributed by atoms with Crippen LogP contribution in [0.2, 0.25) is 0 Å². The van der Waals surface area contributed by atoms with Gasteiger partial charge in [0.2, 0.25) is 0 Å². The molecule has 0 unspecified atom stereocenters. The van der Waals surface area contributed by atoms with Gasteiger partial charge in [-0.25, -0.2) is 4.39 Å². The molecule has 126 valence electrons. The summed E-state index contributed by atoms with van der Waals surface area (Å²) >= 11 is 0. The maximum Gasteiger partial charge on any atom is 0.256 e. The van der Waals surface area contributed by atoms with Gasteiger partial charge in [0.05, 0.1) is 24.9 Å². The summed E-state index contributed by atoms with van der Waals surface area (Å²) in [6, 6.07) is 4.66. The third kappa shape index (κ3) is 3.19. The number of morpholine rings is 1. The van der Waals surface area contributed by atoms with Gasteiger partial charge in [0, 0.05) is 26.2 Å². The van der Waals surface area contributed by atoms with Crippen molar-refractivity contribution < 1.29 is 18.7 Å². The number of carbonyl (C=O) groups excluding carboxylic acids is 1. The molecule has 5 nitrogen and oxygen atoms in total. The number of piperidine rings is 1. The minimum atomic E-state index is -0.589. The molecule has 2 aliphatic heterocycles. The normalized spacial score (nSPS) is 21.4. The summed E-state index contributed by atoms with van der Waals surface area (Å²) in [5, 5.41) is 0. The number of likely N-dealkylation sites (N-methyl/N-ethyl adjacent to an activating group) is 1. The lowest BCUT2D eigenvalue weighted by Crippen LogP contribution is -2.56. The SMILES string of the molecule is COc1cccc(C(=O)N2CCC3(CC2)CN(C)CCO3)c1F. The quantitative estimate of drug-likeness (QED) is 0.832. The smallest absolute Gasteiger partial charge is 0.256 e. The highest BCUT2D eigenvalue weighted by molar-refractivity contribution is 5.95. The predicted molar refractivity (Wildman–Crippen MR) is 84.3 cm³/mol. The Morgan fingerprint density at radius 2 is 2.04 bits per heavy atom. The summed E-state index contributed by atoms with van der Waals surface area (Å²) in [5.74, 6) is -0.768. The van der Waals surface area contributed by atoms with Crippen molar-refractivity contribution in [3.05, 3.63) is 29.6 Å². The minimum absolute atomic E-state index is 0.0713. The van der Waals surface area contributed by atoms with E-state index in [1.807, 2.05) is 0 Å². The Labute approximate surface area is 136 Å². The fourth-order valence-corrected chi connectivity index (χ4v) is 3.46. The third-order valence-electron chi connectivity index (χ3n) is 4.81. The van der Waals surface area contributed by atoms with Gasteiger partial charge in [-0.3, -0.25) is 4.79 Å². The number of ether oxygens (including phenoxy) is 2. The molecule has 0 radical (unpaired) electrons. The number of hydrogen-bond acceptors (Lipinski definition) is 4. The number of halogens is 1. The van der Waals surface area contributed by atoms with Gasteiger partial charge in [-0.15, -0.1) is 0 Å². The monoisotopic (exact) mass is 322 g/mol. The molecule has 23 heavy (non-hydrogen) atoms. The van der Waals surface area contributed by atoms with Crippen molar-refractivity contribution in [2.24, 2.45) is 0 Å². The van der Waals surface area contributed by atoms with Crippen molar-refractivity contribution >= 4 is 5.91 Å². The van der Waals surface area contributed by atoms with Gasteiger partial charge in [-0.1, -0.05) is 6.07 Å². The molecule has 2 heterocycles. The molecule has 2 saturated heterocycles. The van der Waals surface area contributed by atoms with E-state index in [0.717, 1.165) is 32.5 Å². The van der Waals surface area contributed by atoms with E-state index in [4.69, 9.17) is 9.47 Å². The molecule has 1 amide bonds. The second-order valence-corrected chi connectivity index (χ2v) is 6.38. The van der Waals surface area contributed by atoms with Gasteiger partial charge in [0.15, 0.2) is 11.6 Å². The Balaban J connectivity index is 1.69. The molecule has 0 aliphatic carbocycles. The predicted octanol–water partition coefficient (Wildman–Crippen LogP) is 1.77. The lowest BCUT2D eigenvalue weighted by molar-refractivity contribution is -0.127. The highest BCUT2D eigenvalue weighted by Crippen LogP contribution is 2.31. The van der Waals surface area contributed by atoms with Gasteiger partial charge in [0.25, 0.3) is 5.91 Å². The van der Waals surface area contributed by atoms with Crippen molar-refractivity contribution in [2.45, 2.75) is 18.4 Å². The van der Waals surface area contributed by atoms with E-state index in [9.17, 15) is 9.18 Å². The number of likely N-dealkylation sites (tertiary alicyclic amines) is 1. The van der Waals surface area contributed by atoms with E-state index in [2.05, 4.69) is 11.9 Å². The van der Waals surface area contributed by atoms with Crippen LogP contribution in [0.4, 0.5) is 4.39 Å². The molecule has 2 fully saturated rings. The molecule has 0 N–H and O–H groups in total. The molecule has 0 saturated carbocycles. The fraction of sp³-hybridized carbons (Fsp3) is 0.588. The zero-order valence-corrected chi connectivity index (χ0v) is 13.7. The van der Waals surface area contributed by atoms with Crippen molar-refractivity contribution in [3.63, 3.8) is 0 Å². The van der Waals surface area contributed by atoms with Crippen LogP contribution >= 0.6 is 0 Å². The number of amides is 1. The second-order valence-electron chi connectivity index (χ2n) is 6.38. The average molecular weight is 322 g/mol. The van der Waals surface area contributed by atoms with Gasteiger partial charge in [-0.05, 0) is 32.0 Å². The van der Waals surface area contributed by atoms with Gasteiger partial charge in [0.1, 0.15) is 0 Å². The van der Waals surface area contributed by atoms with E-state index >= 15 is 0 Å². The minimum Gasteiger partial charge on any atom is -0.494 e. The van der Waals surface area contributed by atoms with Crippen molar-refractivity contribution in [1.82, 2.24) is 9.80 Å². The number of carbonyl (C=O) groups is 1. The van der Waals surface area contributed by atoms with Gasteiger partial charge < -0.3 is 19.3 Å². The van der Waals surface area contributed by atoms with E-state index in [0.29, 0.717) is 13.1 Å². The third-order valence-corrected chi connectivity index (χ3v) is 4.81. The summed E-state index contributed by atoms with van der Waals surface area (Å²) < 4.78 is 25.2. The first-order valence-electron chi connectivity index (χ1n) is 7.99. The number of methoxy groups -OCH3 is 1. The number of nitrogens with zero attached hydrogens (tertiary/aromatic N) is 2. The molecule has 0 aromatic heterocycles. The Kier molecular flexibility index (Phi) is 4.55. The highest BCUT2D eigenvalue weighted by Gasteiger charge is 2.40. The summed E-state index contributed by atoms with van der Waals surface area (Å²) in [6.45, 7) is 3.74. The lowest BCUT2D eigenvalue weighted by Gasteiger charge is -2.46. The zero-order valence-electron chi connectivity index (χ0n) is 13.7. The highest BCUT2D eigenvalue weighted by atomic mass is 19.1. The topological polar surface area (TPSA) is 42.0 Å². The first-order valence-corrected chi connectivity index (χ1v) is 7.99. The second kappa shape index (κ2) is 6.45. The lowest BCUT2D eigenvalue weighted by atomic mass is 9.89. The Hall–Kier alpha value is -1.66. The van der Waals surface area contributed by atoms with Crippen LogP contribution in [0.5, 0.6) is 5.75 Å². The van der Waals surface area contributed by atoms with Crippen LogP contribution in [0.25, 0.3) is 0 Å². The molecule has 6 heteroatoms. The molecule has 3 rings (SSSR count). The number of rotatable bonds is 2. The van der Waals surface area contributed by atoms with Crippen LogP contribution in [0.1, 0.15) is 23.2 Å². The first-order chi connectivity index (χ1) is 11.0. The standard InChI is InChI=1S/C17H23FN2O3/c1-19-10-11-23-17(12-19)6-8-20(9-7-17)16(21)13-4-3-5-14(22-2)15(13)18/h3-5H,6-12H2,1-2H3. The van der Waals surface area contributed by atoms with Crippen LogP contribution in [0, 0.1) is 5.82 Å². The molecule has 1 aromatic rings. The van der Waals surface area contributed by atoms with E-state index < -0.39 is 5.82 Å². The molecule has 0 bridgehead atoms. The number of benzene rings is 1. The maximum atomic E-state index is 14.3. The van der Waals surface area contributed by atoms with Crippen molar-refractivity contribution in [3.8, 4) is 5.75 Å². The Morgan fingerprint density at radius 3 is 2.70 bits per heavy atom. The summed E-state index contributed by atoms with van der Waals surface area (Å²) in [5.41, 5.74) is -0.0848. The van der Waals surface area contributed by atoms with Crippen LogP contribution in [-0.4, -0.2) is 68.3 Å². The molecular weight excluding hydrogens is 299 g/mol. The van der Waals surface area contributed by atoms with E-state index in [1.54, 1.807) is 11.0 Å². The molecule has 1 aromatic carbocycles. The van der Waals surface area contributed by atoms with Crippen molar-refractivity contribution in [1.29, 1.82) is 0 Å². The summed E-state index contributed by atoms with van der Waals surface area (Å²) in [7, 11) is 3.49. The molecule has 0 atom stereocenters. The molecule has 1 spiro atoms. The van der Waals surface area contributed by atoms with Crippen LogP contribution in [0.15, 0.2) is 18.2 Å². The van der Waals surface area contributed by atoms with Gasteiger partial charge >= 0.3 is 0 Å². The fourth-order valence-electron chi connectivity index (χ4n) is 3.46. The largest absolute Gasteiger partial charge is 0.494 e. The maximum absolute atomic E-state index is 14.3. The molecule has 2 aliphatic rings. The van der Waals surface area contributed by atoms with E-state index in [1.165, 1.54) is 19.2 Å². The summed E-state index contributed by atoms with van der Waals surface area (Å²) in [6.07, 6.45) is 1.57. The summed E-state index contributed by atoms with van der Waals surface area (Å²) in [4.78, 5) is 16.6. The van der Waals surface area contributed by atoms with Crippen LogP contribution < -0.4 is 4.74 Å². The average Bonchev–Trinajstić information content (AvgIpc) is 2.55.